The second-order valence-corrected chi connectivity index (χ2v) is 13.7. The van der Waals surface area contributed by atoms with Gasteiger partial charge < -0.3 is 9.47 Å². The quantitative estimate of drug-likeness (QED) is 0.357. The second kappa shape index (κ2) is 8.01. The van der Waals surface area contributed by atoms with Crippen molar-refractivity contribution < 1.29 is 9.47 Å². The minimum absolute atomic E-state index is 0.0147. The van der Waals surface area contributed by atoms with Gasteiger partial charge in [-0.05, 0) is 105 Å². The fourth-order valence-corrected chi connectivity index (χ4v) is 9.95. The van der Waals surface area contributed by atoms with Crippen molar-refractivity contribution in [1.82, 2.24) is 4.90 Å². The molecule has 36 heavy (non-hydrogen) atoms. The summed E-state index contributed by atoms with van der Waals surface area (Å²) < 4.78 is 13.2. The Morgan fingerprint density at radius 3 is 2.81 bits per heavy atom. The Kier molecular flexibility index (Phi) is 5.25. The lowest BCUT2D eigenvalue weighted by Crippen LogP contribution is -2.55. The lowest BCUT2D eigenvalue weighted by molar-refractivity contribution is -0.143. The van der Waals surface area contributed by atoms with E-state index in [1.54, 1.807) is 5.57 Å². The number of hydrogen-bond acceptors (Lipinski definition) is 4. The van der Waals surface area contributed by atoms with Gasteiger partial charge in [0.05, 0.1) is 24.4 Å². The normalized spacial score (nSPS) is 45.2. The van der Waals surface area contributed by atoms with Crippen LogP contribution in [0.2, 0.25) is 0 Å². The summed E-state index contributed by atoms with van der Waals surface area (Å²) in [6.45, 7) is 13.5. The Morgan fingerprint density at radius 2 is 2.06 bits per heavy atom. The van der Waals surface area contributed by atoms with Crippen LogP contribution >= 0.6 is 0 Å². The molecule has 3 saturated heterocycles. The predicted molar refractivity (Wildman–Crippen MR) is 145 cm³/mol. The molecule has 0 radical (unpaired) electrons. The third-order valence-electron chi connectivity index (χ3n) is 11.7. The van der Waals surface area contributed by atoms with Crippen molar-refractivity contribution in [2.45, 2.75) is 88.9 Å². The maximum Gasteiger partial charge on any atom is 0.0974 e. The van der Waals surface area contributed by atoms with E-state index < -0.39 is 0 Å². The van der Waals surface area contributed by atoms with E-state index in [1.807, 2.05) is 13.3 Å². The number of ether oxygens (including phenoxy) is 2. The first-order valence-corrected chi connectivity index (χ1v) is 14.5. The van der Waals surface area contributed by atoms with E-state index in [1.165, 1.54) is 82.0 Å². The smallest absolute Gasteiger partial charge is 0.0974 e. The van der Waals surface area contributed by atoms with Crippen LogP contribution < -0.4 is 0 Å². The van der Waals surface area contributed by atoms with Gasteiger partial charge >= 0.3 is 0 Å². The maximum atomic E-state index is 7.54. The van der Waals surface area contributed by atoms with Crippen molar-refractivity contribution in [3.63, 3.8) is 0 Å². The van der Waals surface area contributed by atoms with Gasteiger partial charge in [-0.3, -0.25) is 9.89 Å². The lowest BCUT2D eigenvalue weighted by atomic mass is 9.58. The van der Waals surface area contributed by atoms with Crippen LogP contribution in [0, 0.1) is 22.7 Å². The molecule has 3 unspecified atom stereocenters. The maximum absolute atomic E-state index is 7.54. The molecule has 0 amide bonds. The van der Waals surface area contributed by atoms with E-state index in [2.05, 4.69) is 48.5 Å². The Labute approximate surface area is 217 Å². The minimum Gasteiger partial charge on any atom is -0.380 e. The molecule has 0 N–H and O–H groups in total. The van der Waals surface area contributed by atoms with Gasteiger partial charge in [0.2, 0.25) is 0 Å². The SMILES string of the molecule is C=C(/C=N\C)/C=C(\C)C1CC[C@@H]2C1(C)CC=C1C=C3CCC(N4CCC5(COC5)C4)C[C@]34CC[C@@]12O4. The molecule has 194 valence electrons. The summed E-state index contributed by atoms with van der Waals surface area (Å²) >= 11 is 0. The standard InChI is InChI=1S/C32H44N2O2/c1-22(18-33-4)15-23(2)27-7-8-28-29(27,3)10-9-25-16-24-5-6-26(17-31(24)11-12-32(25,28)36-31)34-14-13-30(19-34)20-35-21-30/h9,15-16,18,26-28H,1,5-8,10-14,17,19-21H2,2-4H3/b23-15+,33-18-/t26?,27?,28-,29?,31-,32-/m1/s1. The van der Waals surface area contributed by atoms with Gasteiger partial charge in [-0.1, -0.05) is 37.3 Å². The molecule has 6 atom stereocenters. The molecule has 4 nitrogen and oxygen atoms in total. The molecule has 2 saturated carbocycles. The van der Waals surface area contributed by atoms with Crippen LogP contribution in [0.4, 0.5) is 0 Å². The molecule has 3 spiro atoms. The zero-order chi connectivity index (χ0) is 24.8. The first kappa shape index (κ1) is 23.6. The number of rotatable bonds is 4. The Bertz CT molecular complexity index is 1100. The summed E-state index contributed by atoms with van der Waals surface area (Å²) in [5.74, 6) is 1.19. The Balaban J connectivity index is 1.16. The molecule has 0 aromatic heterocycles. The monoisotopic (exact) mass is 488 g/mol. The molecule has 2 bridgehead atoms. The number of nitrogens with zero attached hydrogens (tertiary/aromatic N) is 2. The van der Waals surface area contributed by atoms with E-state index in [0.717, 1.165) is 18.8 Å². The third-order valence-corrected chi connectivity index (χ3v) is 11.7. The Hall–Kier alpha value is -1.49. The first-order chi connectivity index (χ1) is 17.3. The number of likely N-dealkylation sites (tertiary alicyclic amines) is 1. The fraction of sp³-hybridized carbons (Fsp3) is 0.719. The van der Waals surface area contributed by atoms with Gasteiger partial charge in [0.25, 0.3) is 0 Å². The van der Waals surface area contributed by atoms with E-state index >= 15 is 0 Å². The average molecular weight is 489 g/mol. The molecule has 5 fully saturated rings. The van der Waals surface area contributed by atoms with Gasteiger partial charge in [-0.25, -0.2) is 0 Å². The van der Waals surface area contributed by atoms with Gasteiger partial charge in [0, 0.05) is 31.3 Å². The highest BCUT2D eigenvalue weighted by Gasteiger charge is 2.66. The summed E-state index contributed by atoms with van der Waals surface area (Å²) in [4.78, 5) is 6.98. The molecular formula is C32H44N2O2. The summed E-state index contributed by atoms with van der Waals surface area (Å²) in [6.07, 6.45) is 20.5. The van der Waals surface area contributed by atoms with Gasteiger partial charge in [0.15, 0.2) is 0 Å². The zero-order valence-corrected chi connectivity index (χ0v) is 22.7. The number of allylic oxidation sites excluding steroid dienone is 4. The van der Waals surface area contributed by atoms with Crippen molar-refractivity contribution in [2.24, 2.45) is 27.7 Å². The zero-order valence-electron chi connectivity index (χ0n) is 22.7. The van der Waals surface area contributed by atoms with Crippen molar-refractivity contribution >= 4 is 6.21 Å². The second-order valence-electron chi connectivity index (χ2n) is 13.7. The molecule has 3 aliphatic carbocycles. The van der Waals surface area contributed by atoms with Gasteiger partial charge in [-0.2, -0.15) is 0 Å². The number of fused-ring (bicyclic) bond motifs is 1. The topological polar surface area (TPSA) is 34.1 Å². The summed E-state index contributed by atoms with van der Waals surface area (Å²) in [5, 5.41) is 0. The van der Waals surface area contributed by atoms with Crippen molar-refractivity contribution in [3.8, 4) is 0 Å². The van der Waals surface area contributed by atoms with Crippen LogP contribution in [0.15, 0.2) is 52.1 Å². The molecule has 0 aromatic rings. The average Bonchev–Trinajstić information content (AvgIpc) is 3.51. The third kappa shape index (κ3) is 3.20. The highest BCUT2D eigenvalue weighted by atomic mass is 16.5. The predicted octanol–water partition coefficient (Wildman–Crippen LogP) is 6.05. The van der Waals surface area contributed by atoms with Crippen molar-refractivity contribution in [1.29, 1.82) is 0 Å². The molecule has 7 rings (SSSR count). The van der Waals surface area contributed by atoms with Gasteiger partial charge in [0.1, 0.15) is 0 Å². The van der Waals surface area contributed by atoms with Crippen LogP contribution in [0.5, 0.6) is 0 Å². The molecule has 7 aliphatic rings. The van der Waals surface area contributed by atoms with Crippen LogP contribution in [0.3, 0.4) is 0 Å². The largest absolute Gasteiger partial charge is 0.380 e. The minimum atomic E-state index is -0.0661. The highest BCUT2D eigenvalue weighted by Crippen LogP contribution is 2.68. The molecule has 4 heteroatoms. The van der Waals surface area contributed by atoms with Crippen LogP contribution in [0.25, 0.3) is 0 Å². The van der Waals surface area contributed by atoms with E-state index in [4.69, 9.17) is 9.47 Å². The van der Waals surface area contributed by atoms with Gasteiger partial charge in [-0.15, -0.1) is 0 Å². The van der Waals surface area contributed by atoms with Crippen molar-refractivity contribution in [2.75, 3.05) is 33.4 Å². The number of aliphatic imine (C=N–C) groups is 1. The lowest BCUT2D eigenvalue weighted by Gasteiger charge is -2.55. The summed E-state index contributed by atoms with van der Waals surface area (Å²) in [7, 11) is 1.82. The van der Waals surface area contributed by atoms with E-state index in [0.29, 0.717) is 23.3 Å². The van der Waals surface area contributed by atoms with Crippen LogP contribution in [-0.4, -0.2) is 61.7 Å². The van der Waals surface area contributed by atoms with E-state index in [9.17, 15) is 0 Å². The summed E-state index contributed by atoms with van der Waals surface area (Å²) in [5.41, 5.74) is 6.27. The molecule has 4 heterocycles. The fourth-order valence-electron chi connectivity index (χ4n) is 9.95. The summed E-state index contributed by atoms with van der Waals surface area (Å²) in [6, 6.07) is 0.672. The van der Waals surface area contributed by atoms with Crippen molar-refractivity contribution in [3.05, 3.63) is 47.1 Å². The van der Waals surface area contributed by atoms with Crippen LogP contribution in [-0.2, 0) is 9.47 Å². The number of hydrogen-bond donors (Lipinski definition) is 0. The molecular weight excluding hydrogens is 444 g/mol. The van der Waals surface area contributed by atoms with Crippen LogP contribution in [0.1, 0.15) is 71.6 Å². The van der Waals surface area contributed by atoms with E-state index in [-0.39, 0.29) is 16.6 Å². The molecule has 4 aliphatic heterocycles. The Morgan fingerprint density at radius 1 is 1.19 bits per heavy atom. The molecule has 0 aromatic carbocycles. The first-order valence-electron chi connectivity index (χ1n) is 14.5. The highest BCUT2D eigenvalue weighted by molar-refractivity contribution is 5.81.